The molecule has 0 bridgehead atoms. The van der Waals surface area contributed by atoms with Crippen molar-refractivity contribution in [3.63, 3.8) is 0 Å². The molecule has 0 unspecified atom stereocenters. The highest BCUT2D eigenvalue weighted by Gasteiger charge is 2.24. The van der Waals surface area contributed by atoms with Crippen molar-refractivity contribution in [1.29, 1.82) is 0 Å². The Morgan fingerprint density at radius 2 is 1.78 bits per heavy atom. The Morgan fingerprint density at radius 3 is 2.52 bits per heavy atom. The topological polar surface area (TPSA) is 51.8 Å². The molecule has 7 heteroatoms. The number of hydrogen-bond acceptors (Lipinski definition) is 4. The van der Waals surface area contributed by atoms with Crippen molar-refractivity contribution < 1.29 is 13.9 Å². The molecular formula is C20H10Cl2INO3. The Balaban J connectivity index is 1.63. The van der Waals surface area contributed by atoms with Crippen LogP contribution in [0.15, 0.2) is 69.7 Å². The molecular weight excluding hydrogens is 500 g/mol. The van der Waals surface area contributed by atoms with Gasteiger partial charge in [-0.3, -0.25) is 0 Å². The molecule has 0 radical (unpaired) electrons. The van der Waals surface area contributed by atoms with Crippen LogP contribution in [0.1, 0.15) is 11.3 Å². The van der Waals surface area contributed by atoms with Crippen molar-refractivity contribution in [3.05, 3.63) is 85.2 Å². The molecule has 27 heavy (non-hydrogen) atoms. The summed E-state index contributed by atoms with van der Waals surface area (Å²) in [6.07, 6.45) is 1.54. The van der Waals surface area contributed by atoms with Crippen LogP contribution in [0.25, 0.3) is 17.4 Å². The Morgan fingerprint density at radius 1 is 1.00 bits per heavy atom. The zero-order valence-electron chi connectivity index (χ0n) is 13.6. The number of carbonyl (C=O) groups excluding carboxylic acids is 1. The molecule has 134 valence electrons. The van der Waals surface area contributed by atoms with E-state index in [-0.39, 0.29) is 11.6 Å². The Bertz CT molecular complexity index is 1100. The first kappa shape index (κ1) is 18.3. The molecule has 1 aromatic heterocycles. The van der Waals surface area contributed by atoms with Gasteiger partial charge in [-0.15, -0.1) is 0 Å². The van der Waals surface area contributed by atoms with Gasteiger partial charge in [-0.05, 0) is 77.2 Å². The monoisotopic (exact) mass is 509 g/mol. The van der Waals surface area contributed by atoms with E-state index in [9.17, 15) is 4.79 Å². The number of halogens is 3. The van der Waals surface area contributed by atoms with Gasteiger partial charge in [-0.25, -0.2) is 9.79 Å². The summed E-state index contributed by atoms with van der Waals surface area (Å²) in [6, 6.07) is 16.2. The molecule has 0 N–H and O–H groups in total. The highest BCUT2D eigenvalue weighted by atomic mass is 127. The van der Waals surface area contributed by atoms with Crippen LogP contribution in [0.5, 0.6) is 0 Å². The van der Waals surface area contributed by atoms with E-state index in [1.54, 1.807) is 30.3 Å². The molecule has 0 fully saturated rings. The third-order valence-corrected chi connectivity index (χ3v) is 5.08. The Labute approximate surface area is 178 Å². The van der Waals surface area contributed by atoms with Gasteiger partial charge in [0.05, 0.1) is 5.02 Å². The van der Waals surface area contributed by atoms with Gasteiger partial charge in [0, 0.05) is 25.8 Å². The lowest BCUT2D eigenvalue weighted by Gasteiger charge is -2.00. The number of nitrogens with zero attached hydrogens (tertiary/aromatic N) is 1. The minimum atomic E-state index is -0.522. The number of hydrogen-bond donors (Lipinski definition) is 0. The first-order valence-corrected chi connectivity index (χ1v) is 9.67. The number of rotatable bonds is 3. The summed E-state index contributed by atoms with van der Waals surface area (Å²) in [4.78, 5) is 16.4. The number of furan rings is 1. The second kappa shape index (κ2) is 7.50. The van der Waals surface area contributed by atoms with Gasteiger partial charge in [-0.1, -0.05) is 23.2 Å². The average molecular weight is 510 g/mol. The number of esters is 1. The second-order valence-corrected chi connectivity index (χ2v) is 7.76. The van der Waals surface area contributed by atoms with Crippen LogP contribution in [-0.2, 0) is 9.53 Å². The summed E-state index contributed by atoms with van der Waals surface area (Å²) in [5.74, 6) is 0.786. The van der Waals surface area contributed by atoms with Crippen LogP contribution in [0, 0.1) is 3.57 Å². The van der Waals surface area contributed by atoms with E-state index in [2.05, 4.69) is 27.6 Å². The fraction of sp³-hybridized carbons (Fsp3) is 0. The lowest BCUT2D eigenvalue weighted by molar-refractivity contribution is -0.129. The predicted octanol–water partition coefficient (Wildman–Crippen LogP) is 6.20. The van der Waals surface area contributed by atoms with Crippen LogP contribution < -0.4 is 0 Å². The smallest absolute Gasteiger partial charge is 0.363 e. The molecule has 0 saturated carbocycles. The summed E-state index contributed by atoms with van der Waals surface area (Å²) in [7, 11) is 0. The highest BCUT2D eigenvalue weighted by molar-refractivity contribution is 14.1. The predicted molar refractivity (Wildman–Crippen MR) is 114 cm³/mol. The quantitative estimate of drug-likeness (QED) is 0.240. The van der Waals surface area contributed by atoms with Crippen molar-refractivity contribution in [2.24, 2.45) is 4.99 Å². The van der Waals surface area contributed by atoms with Crippen LogP contribution >= 0.6 is 45.8 Å². The number of cyclic esters (lactones) is 1. The van der Waals surface area contributed by atoms with Crippen molar-refractivity contribution in [3.8, 4) is 11.3 Å². The molecule has 2 aromatic carbocycles. The molecule has 0 spiro atoms. The fourth-order valence-electron chi connectivity index (χ4n) is 2.52. The Kier molecular flexibility index (Phi) is 5.08. The van der Waals surface area contributed by atoms with E-state index in [1.165, 1.54) is 6.08 Å². The maximum atomic E-state index is 12.1. The van der Waals surface area contributed by atoms with Crippen molar-refractivity contribution >= 4 is 63.7 Å². The van der Waals surface area contributed by atoms with Crippen molar-refractivity contribution in [2.45, 2.75) is 0 Å². The second-order valence-electron chi connectivity index (χ2n) is 5.67. The maximum Gasteiger partial charge on any atom is 0.363 e. The molecule has 4 nitrogen and oxygen atoms in total. The average Bonchev–Trinajstić information content (AvgIpc) is 3.23. The number of aliphatic imine (C=N–C) groups is 1. The molecule has 3 aromatic rings. The summed E-state index contributed by atoms with van der Waals surface area (Å²) in [5, 5.41) is 1.03. The third kappa shape index (κ3) is 3.95. The van der Waals surface area contributed by atoms with Crippen molar-refractivity contribution in [2.75, 3.05) is 0 Å². The van der Waals surface area contributed by atoms with E-state index in [0.717, 1.165) is 9.13 Å². The summed E-state index contributed by atoms with van der Waals surface area (Å²) < 4.78 is 12.1. The van der Waals surface area contributed by atoms with Crippen LogP contribution in [0.4, 0.5) is 0 Å². The number of ether oxygens (including phenoxy) is 1. The van der Waals surface area contributed by atoms with E-state index in [1.807, 2.05) is 24.3 Å². The van der Waals surface area contributed by atoms with Gasteiger partial charge in [0.15, 0.2) is 5.70 Å². The van der Waals surface area contributed by atoms with Crippen LogP contribution in [-0.4, -0.2) is 11.9 Å². The lowest BCUT2D eigenvalue weighted by atomic mass is 10.2. The molecule has 0 amide bonds. The summed E-state index contributed by atoms with van der Waals surface area (Å²) in [6.45, 7) is 0. The minimum absolute atomic E-state index is 0.173. The molecule has 2 heterocycles. The first-order chi connectivity index (χ1) is 13.0. The van der Waals surface area contributed by atoms with E-state index in [4.69, 9.17) is 32.4 Å². The molecule has 4 rings (SSSR count). The largest absolute Gasteiger partial charge is 0.457 e. The van der Waals surface area contributed by atoms with Gasteiger partial charge >= 0.3 is 5.97 Å². The third-order valence-electron chi connectivity index (χ3n) is 3.81. The van der Waals surface area contributed by atoms with E-state index >= 15 is 0 Å². The lowest BCUT2D eigenvalue weighted by Crippen LogP contribution is -2.05. The zero-order chi connectivity index (χ0) is 19.0. The van der Waals surface area contributed by atoms with E-state index < -0.39 is 5.97 Å². The molecule has 0 aliphatic carbocycles. The summed E-state index contributed by atoms with van der Waals surface area (Å²) >= 11 is 14.3. The van der Waals surface area contributed by atoms with Gasteiger partial charge in [0.1, 0.15) is 11.5 Å². The van der Waals surface area contributed by atoms with Gasteiger partial charge in [0.25, 0.3) is 0 Å². The maximum absolute atomic E-state index is 12.1. The van der Waals surface area contributed by atoms with Gasteiger partial charge in [-0.2, -0.15) is 0 Å². The summed E-state index contributed by atoms with van der Waals surface area (Å²) in [5.41, 5.74) is 1.62. The highest BCUT2D eigenvalue weighted by Crippen LogP contribution is 2.32. The molecule has 0 atom stereocenters. The molecule has 1 aliphatic rings. The number of benzene rings is 2. The van der Waals surface area contributed by atoms with E-state index in [0.29, 0.717) is 27.1 Å². The zero-order valence-corrected chi connectivity index (χ0v) is 17.2. The minimum Gasteiger partial charge on any atom is -0.457 e. The first-order valence-electron chi connectivity index (χ1n) is 7.83. The van der Waals surface area contributed by atoms with Gasteiger partial charge in [0.2, 0.25) is 5.90 Å². The standard InChI is InChI=1S/C20H10Cl2INO3/c21-12-3-7-15(16(22)9-12)18-8-6-14(26-18)10-17-20(25)27-19(24-17)11-1-4-13(23)5-2-11/h1-10H/b17-10-. The Hall–Kier alpha value is -2.09. The van der Waals surface area contributed by atoms with Gasteiger partial charge < -0.3 is 9.15 Å². The van der Waals surface area contributed by atoms with Crippen LogP contribution in [0.3, 0.4) is 0 Å². The SMILES string of the molecule is O=C1OC(c2ccc(I)cc2)=N/C1=C\c1ccc(-c2ccc(Cl)cc2Cl)o1. The van der Waals surface area contributed by atoms with Crippen molar-refractivity contribution in [1.82, 2.24) is 0 Å². The molecule has 0 saturated heterocycles. The fourth-order valence-corrected chi connectivity index (χ4v) is 3.39. The number of carbonyl (C=O) groups is 1. The van der Waals surface area contributed by atoms with Crippen LogP contribution in [0.2, 0.25) is 10.0 Å². The molecule has 1 aliphatic heterocycles. The normalized spacial score (nSPS) is 15.1.